The largest absolute Gasteiger partial charge is 0.480 e. The highest BCUT2D eigenvalue weighted by Gasteiger charge is 2.58. The van der Waals surface area contributed by atoms with Crippen molar-refractivity contribution in [1.29, 1.82) is 10.5 Å². The zero-order valence-corrected chi connectivity index (χ0v) is 56.5. The van der Waals surface area contributed by atoms with Crippen LogP contribution in [0.2, 0.25) is 19.6 Å². The third-order valence-corrected chi connectivity index (χ3v) is 25.0. The maximum absolute atomic E-state index is 12.0. The number of carboxylic acids is 1. The van der Waals surface area contributed by atoms with Crippen molar-refractivity contribution < 1.29 is 9.90 Å². The maximum atomic E-state index is 12.0. The van der Waals surface area contributed by atoms with E-state index in [0.29, 0.717) is 29.6 Å². The number of hydrogen-bond acceptors (Lipinski definition) is 7. The van der Waals surface area contributed by atoms with Crippen LogP contribution in [0, 0.1) is 93.3 Å². The number of nitriles is 2. The van der Waals surface area contributed by atoms with Gasteiger partial charge in [-0.3, -0.25) is 15.1 Å². The van der Waals surface area contributed by atoms with Gasteiger partial charge in [0, 0.05) is 41.5 Å². The van der Waals surface area contributed by atoms with Gasteiger partial charge in [-0.15, -0.1) is 12.4 Å². The summed E-state index contributed by atoms with van der Waals surface area (Å²) in [5, 5.41) is 41.5. The van der Waals surface area contributed by atoms with Crippen molar-refractivity contribution in [2.75, 3.05) is 26.2 Å². The van der Waals surface area contributed by atoms with Crippen molar-refractivity contribution in [2.24, 2.45) is 76.0 Å². The van der Waals surface area contributed by atoms with Crippen LogP contribution in [0.15, 0.2) is 65.8 Å². The Morgan fingerprint density at radius 1 is 0.552 bits per heavy atom. The number of aliphatic carboxylic acids is 1. The quantitative estimate of drug-likeness (QED) is 0.154. The zero-order valence-electron chi connectivity index (χ0n) is 54.7. The van der Waals surface area contributed by atoms with Crippen LogP contribution in [-0.2, 0) is 4.79 Å². The molecule has 12 aliphatic rings. The summed E-state index contributed by atoms with van der Waals surface area (Å²) in [6, 6.07) is 22.5. The molecular formula is C76H118ClN7O2Si. The first-order valence-corrected chi connectivity index (χ1v) is 40.0. The predicted molar refractivity (Wildman–Crippen MR) is 367 cm³/mol. The second-order valence-corrected chi connectivity index (χ2v) is 35.4. The van der Waals surface area contributed by atoms with Crippen molar-refractivity contribution >= 4 is 42.9 Å². The number of nitrogens with zero attached hydrogens (tertiary/aromatic N) is 3. The highest BCUT2D eigenvalue weighted by atomic mass is 35.5. The number of aromatic amines is 1. The Kier molecular flexibility index (Phi) is 25.9. The van der Waals surface area contributed by atoms with E-state index in [1.807, 2.05) is 25.7 Å². The molecule has 11 heteroatoms. The molecule has 8 saturated carbocycles. The molecule has 0 radical (unpaired) electrons. The smallest absolute Gasteiger partial charge is 0.324 e. The maximum Gasteiger partial charge on any atom is 0.324 e. The number of hydrogen-bond donors (Lipinski definition) is 5. The lowest BCUT2D eigenvalue weighted by molar-refractivity contribution is -0.150. The van der Waals surface area contributed by atoms with Crippen LogP contribution in [0.5, 0.6) is 0 Å². The number of aromatic nitrogens is 1. The Bertz CT molecular complexity index is 2650. The van der Waals surface area contributed by atoms with E-state index in [1.54, 1.807) is 5.71 Å². The van der Waals surface area contributed by atoms with Crippen LogP contribution >= 0.6 is 12.4 Å². The fourth-order valence-electron chi connectivity index (χ4n) is 19.9. The molecule has 2 aromatic carbocycles. The van der Waals surface area contributed by atoms with E-state index in [1.165, 1.54) is 247 Å². The molecule has 0 spiro atoms. The van der Waals surface area contributed by atoms with Gasteiger partial charge in [0.05, 0.1) is 11.8 Å². The number of H-pyrrole nitrogens is 1. The van der Waals surface area contributed by atoms with E-state index in [4.69, 9.17) is 10.3 Å². The number of fused-ring (bicyclic) bond motifs is 5. The minimum absolute atomic E-state index is 0. The fourth-order valence-corrected chi connectivity index (χ4v) is 19.9. The van der Waals surface area contributed by atoms with E-state index >= 15 is 0 Å². The molecule has 87 heavy (non-hydrogen) atoms. The Balaban J connectivity index is 0.000000126. The number of carbonyl (C=O) groups is 1. The van der Waals surface area contributed by atoms with Crippen LogP contribution in [0.1, 0.15) is 231 Å². The first kappa shape index (κ1) is 67.9. The molecule has 4 aliphatic heterocycles. The molecule has 3 aromatic rings. The number of benzene rings is 2. The van der Waals surface area contributed by atoms with Gasteiger partial charge in [-0.05, 0) is 198 Å². The van der Waals surface area contributed by atoms with Gasteiger partial charge in [-0.2, -0.15) is 5.26 Å². The first-order chi connectivity index (χ1) is 42.0. The van der Waals surface area contributed by atoms with Crippen LogP contribution in [0.25, 0.3) is 22.0 Å². The number of halogens is 1. The molecular weight excluding hydrogens is 1110 g/mol. The lowest BCUT2D eigenvalue weighted by atomic mass is 9.63. The van der Waals surface area contributed by atoms with Crippen molar-refractivity contribution in [3.8, 4) is 23.0 Å². The zero-order chi connectivity index (χ0) is 59.8. The average molecular weight is 1230 g/mol. The van der Waals surface area contributed by atoms with Gasteiger partial charge >= 0.3 is 5.97 Å². The summed E-state index contributed by atoms with van der Waals surface area (Å²) in [5.41, 5.74) is 5.62. The van der Waals surface area contributed by atoms with Crippen molar-refractivity contribution in [2.45, 2.75) is 268 Å². The van der Waals surface area contributed by atoms with Crippen LogP contribution in [-0.4, -0.2) is 73.1 Å². The topological polar surface area (TPSA) is 149 Å². The normalized spacial score (nSPS) is 33.4. The summed E-state index contributed by atoms with van der Waals surface area (Å²) < 4.78 is 0. The van der Waals surface area contributed by atoms with Crippen molar-refractivity contribution in [3.63, 3.8) is 0 Å². The number of carboxylic acid groups (broad SMARTS) is 1. The van der Waals surface area contributed by atoms with Crippen LogP contribution in [0.4, 0.5) is 0 Å². The molecule has 3 saturated heterocycles. The van der Waals surface area contributed by atoms with Gasteiger partial charge in [0.25, 0.3) is 0 Å². The van der Waals surface area contributed by atoms with Gasteiger partial charge in [0.1, 0.15) is 11.1 Å². The molecule has 1 aromatic heterocycles. The summed E-state index contributed by atoms with van der Waals surface area (Å²) in [5.74, 6) is 8.82. The second-order valence-electron chi connectivity index (χ2n) is 30.7. The van der Waals surface area contributed by atoms with Crippen molar-refractivity contribution in [3.05, 3.63) is 60.8 Å². The minimum atomic E-state index is -1.33. The summed E-state index contributed by atoms with van der Waals surface area (Å²) >= 11 is 0. The van der Waals surface area contributed by atoms with E-state index in [-0.39, 0.29) is 17.9 Å². The molecule has 5 N–H and O–H groups in total. The number of nitrogens with one attached hydrogen (secondary N) is 4. The van der Waals surface area contributed by atoms with E-state index in [9.17, 15) is 15.2 Å². The molecule has 5 heterocycles. The van der Waals surface area contributed by atoms with Gasteiger partial charge in [0.15, 0.2) is 8.07 Å². The summed E-state index contributed by atoms with van der Waals surface area (Å²) in [6.07, 6.45) is 51.6. The SMILES string of the molecule is C1CCC(C2=NC[C@@H]3CCCC[C@H]23)CC1.C1CCC([C@@H]2NC[C@@H]3CCCC[C@@H]32)CC1.C[Si](C)(C)C#N.Cl.N#CC1(C2CCCCC2)NC[C@@H]2CCCC[C@@H]21.O=C(O)C1(C2CCCCC2)NC[C@@H]2CCCC[C@@H]21.c1ccc(-c2[nH]cc3ccccc23)cc1. The summed E-state index contributed by atoms with van der Waals surface area (Å²) in [6.45, 7) is 10.6. The average Bonchev–Trinajstić information content (AvgIpc) is 1.90. The Labute approximate surface area is 535 Å². The van der Waals surface area contributed by atoms with Crippen LogP contribution < -0.4 is 16.0 Å². The van der Waals surface area contributed by atoms with Gasteiger partial charge in [-0.1, -0.05) is 203 Å². The molecule has 0 bridgehead atoms. The number of rotatable bonds is 6. The molecule has 15 rings (SSSR count). The molecule has 2 unspecified atom stereocenters. The lowest BCUT2D eigenvalue weighted by Gasteiger charge is -2.43. The Morgan fingerprint density at radius 2 is 1.06 bits per heavy atom. The standard InChI is InChI=1S/C15H24N2.C15H25NO2.C14H25N.C14H23N.C14H11N.C4H9NSi.ClH/c16-11-15(13-7-2-1-3-8-13)14-9-5-4-6-12(14)10-17-15;17-14(18)15(12-7-2-1-3-8-12)13-9-5-4-6-11(13)10-16-15;3*1-2-6-11(7-3-1)14-13-9-5-4-8-12(13)10-15-14;1-6(2,3)4-5;/h12-14,17H,1-10H2;11-13,16H,1-10H2,(H,17,18);11-15H,1-10H2;11-13H,1-10H2;1-10,15H;1-3H3;1H/t12-,14-,15?;11-,13-,15?;12-,13-,14-;12-,13-;;;/m0000.../s1. The third kappa shape index (κ3) is 16.8. The fraction of sp³-hybridized carbons (Fsp3) is 0.763. The molecule has 11 fully saturated rings. The Morgan fingerprint density at radius 3 is 1.70 bits per heavy atom. The molecule has 8 aliphatic carbocycles. The highest BCUT2D eigenvalue weighted by Crippen LogP contribution is 2.51. The van der Waals surface area contributed by atoms with E-state index in [0.717, 1.165) is 79.8 Å². The Hall–Kier alpha value is -3.51. The lowest BCUT2D eigenvalue weighted by Crippen LogP contribution is -2.58. The minimum Gasteiger partial charge on any atom is -0.480 e. The van der Waals surface area contributed by atoms with Gasteiger partial charge < -0.3 is 20.7 Å². The van der Waals surface area contributed by atoms with Crippen molar-refractivity contribution in [1.82, 2.24) is 20.9 Å². The highest BCUT2D eigenvalue weighted by molar-refractivity contribution is 6.83. The second kappa shape index (κ2) is 33.2. The molecule has 480 valence electrons. The number of aliphatic imine (C=N–C) groups is 1. The molecule has 11 atom stereocenters. The first-order valence-electron chi connectivity index (χ1n) is 36.5. The molecule has 9 nitrogen and oxygen atoms in total. The summed E-state index contributed by atoms with van der Waals surface area (Å²) in [7, 11) is -1.33. The predicted octanol–water partition coefficient (Wildman–Crippen LogP) is 18.9. The van der Waals surface area contributed by atoms with E-state index < -0.39 is 19.6 Å². The van der Waals surface area contributed by atoms with E-state index in [2.05, 4.69) is 87.4 Å². The molecule has 0 amide bonds. The summed E-state index contributed by atoms with van der Waals surface area (Å²) in [4.78, 5) is 20.3. The van der Waals surface area contributed by atoms with Gasteiger partial charge in [-0.25, -0.2) is 5.26 Å². The third-order valence-electron chi connectivity index (χ3n) is 24.4. The van der Waals surface area contributed by atoms with Crippen LogP contribution in [0.3, 0.4) is 0 Å². The van der Waals surface area contributed by atoms with Gasteiger partial charge in [0.2, 0.25) is 0 Å². The monoisotopic (exact) mass is 1220 g/mol.